The Bertz CT molecular complexity index is 1480. The molecule has 182 valence electrons. The second-order valence-electron chi connectivity index (χ2n) is 8.68. The summed E-state index contributed by atoms with van der Waals surface area (Å²) in [5.41, 5.74) is 4.41. The molecule has 3 aromatic carbocycles. The molecule has 1 aliphatic rings. The van der Waals surface area contributed by atoms with Gasteiger partial charge in [-0.1, -0.05) is 48.5 Å². The molecule has 6 nitrogen and oxygen atoms in total. The number of nitrogens with one attached hydrogen (secondary N) is 1. The first-order valence-corrected chi connectivity index (χ1v) is 11.6. The molecule has 0 bridgehead atoms. The van der Waals surface area contributed by atoms with Crippen molar-refractivity contribution in [2.75, 3.05) is 4.90 Å². The van der Waals surface area contributed by atoms with Gasteiger partial charge in [0.1, 0.15) is 11.6 Å². The highest BCUT2D eigenvalue weighted by Crippen LogP contribution is 2.39. The van der Waals surface area contributed by atoms with Gasteiger partial charge in [-0.05, 0) is 67.3 Å². The number of benzene rings is 3. The summed E-state index contributed by atoms with van der Waals surface area (Å²) in [7, 11) is 0. The van der Waals surface area contributed by atoms with Crippen molar-refractivity contribution in [3.63, 3.8) is 0 Å². The van der Waals surface area contributed by atoms with Crippen LogP contribution in [0.1, 0.15) is 42.5 Å². The minimum atomic E-state index is -0.734. The van der Waals surface area contributed by atoms with E-state index in [1.165, 1.54) is 34.7 Å². The number of nitrogens with zero attached hydrogens (tertiary/aromatic N) is 3. The number of urea groups is 1. The van der Waals surface area contributed by atoms with Crippen LogP contribution >= 0.6 is 0 Å². The molecule has 1 aromatic heterocycles. The standard InChI is InChI=1S/C28H24F2N4O2/c1-4-18-8-10-19(11-9-18)26-32-27(36-33-26)24-17(3)34(22-12-13-23(30)16(2)14-22)28(35)31-25(24)20-6-5-7-21(29)15-20/h5-15,25H,4H2,1-3H3,(H,31,35). The molecule has 1 aliphatic heterocycles. The Balaban J connectivity index is 1.64. The number of halogens is 2. The lowest BCUT2D eigenvalue weighted by molar-refractivity contribution is 0.244. The highest BCUT2D eigenvalue weighted by atomic mass is 19.1. The predicted molar refractivity (Wildman–Crippen MR) is 133 cm³/mol. The first-order valence-electron chi connectivity index (χ1n) is 11.6. The largest absolute Gasteiger partial charge is 0.334 e. The molecule has 0 radical (unpaired) electrons. The Hall–Kier alpha value is -4.33. The van der Waals surface area contributed by atoms with Gasteiger partial charge in [0.15, 0.2) is 0 Å². The maximum absolute atomic E-state index is 14.1. The minimum absolute atomic E-state index is 0.195. The normalized spacial score (nSPS) is 15.9. The molecule has 2 heterocycles. The van der Waals surface area contributed by atoms with E-state index in [9.17, 15) is 13.6 Å². The summed E-state index contributed by atoms with van der Waals surface area (Å²) in [5.74, 6) is -0.212. The van der Waals surface area contributed by atoms with E-state index < -0.39 is 17.9 Å². The van der Waals surface area contributed by atoms with Gasteiger partial charge in [0, 0.05) is 11.3 Å². The number of allylic oxidation sites excluding steroid dienone is 1. The van der Waals surface area contributed by atoms with E-state index in [1.54, 1.807) is 32.0 Å². The molecule has 0 spiro atoms. The fourth-order valence-corrected chi connectivity index (χ4v) is 4.37. The van der Waals surface area contributed by atoms with Crippen molar-refractivity contribution in [3.8, 4) is 11.4 Å². The highest BCUT2D eigenvalue weighted by Gasteiger charge is 2.36. The number of carbonyl (C=O) groups is 1. The third kappa shape index (κ3) is 4.26. The number of carbonyl (C=O) groups excluding carboxylic acids is 1. The van der Waals surface area contributed by atoms with Crippen molar-refractivity contribution < 1.29 is 18.1 Å². The van der Waals surface area contributed by atoms with E-state index in [4.69, 9.17) is 4.52 Å². The zero-order valence-electron chi connectivity index (χ0n) is 20.0. The Kier molecular flexibility index (Phi) is 6.10. The average Bonchev–Trinajstić information content (AvgIpc) is 3.35. The van der Waals surface area contributed by atoms with Crippen molar-refractivity contribution >= 4 is 17.3 Å². The van der Waals surface area contributed by atoms with Gasteiger partial charge < -0.3 is 9.84 Å². The number of aromatic nitrogens is 2. The van der Waals surface area contributed by atoms with Crippen molar-refractivity contribution in [2.45, 2.75) is 33.2 Å². The SMILES string of the molecule is CCc1ccc(-c2noc(C3=C(C)N(c4ccc(F)c(C)c4)C(=O)NC3c3cccc(F)c3)n2)cc1. The maximum Gasteiger partial charge on any atom is 0.326 e. The van der Waals surface area contributed by atoms with E-state index in [1.807, 2.05) is 24.3 Å². The summed E-state index contributed by atoms with van der Waals surface area (Å²) < 4.78 is 33.7. The molecule has 4 aromatic rings. The summed E-state index contributed by atoms with van der Waals surface area (Å²) in [4.78, 5) is 19.3. The molecule has 5 rings (SSSR count). The molecule has 2 amide bonds. The van der Waals surface area contributed by atoms with Crippen LogP contribution in [0.2, 0.25) is 0 Å². The molecule has 1 N–H and O–H groups in total. The zero-order chi connectivity index (χ0) is 25.4. The van der Waals surface area contributed by atoms with Crippen LogP contribution in [-0.2, 0) is 6.42 Å². The molecule has 0 fully saturated rings. The van der Waals surface area contributed by atoms with Crippen LogP contribution in [0.25, 0.3) is 17.0 Å². The van der Waals surface area contributed by atoms with Crippen LogP contribution in [0.15, 0.2) is 77.0 Å². The van der Waals surface area contributed by atoms with Gasteiger partial charge in [-0.3, -0.25) is 4.90 Å². The monoisotopic (exact) mass is 486 g/mol. The van der Waals surface area contributed by atoms with E-state index in [-0.39, 0.29) is 11.7 Å². The van der Waals surface area contributed by atoms with Gasteiger partial charge >= 0.3 is 6.03 Å². The first kappa shape index (κ1) is 23.4. The molecule has 8 heteroatoms. The fourth-order valence-electron chi connectivity index (χ4n) is 4.37. The minimum Gasteiger partial charge on any atom is -0.334 e. The van der Waals surface area contributed by atoms with Gasteiger partial charge in [0.05, 0.1) is 17.3 Å². The second kappa shape index (κ2) is 9.37. The summed E-state index contributed by atoms with van der Waals surface area (Å²) in [6, 6.07) is 17.1. The van der Waals surface area contributed by atoms with Crippen LogP contribution in [0.5, 0.6) is 0 Å². The van der Waals surface area contributed by atoms with Crippen LogP contribution in [0, 0.1) is 18.6 Å². The number of anilines is 1. The van der Waals surface area contributed by atoms with E-state index in [2.05, 4.69) is 22.4 Å². The number of hydrogen-bond donors (Lipinski definition) is 1. The molecular formula is C28H24F2N4O2. The zero-order valence-corrected chi connectivity index (χ0v) is 20.0. The lowest BCUT2D eigenvalue weighted by Crippen LogP contribution is -2.46. The molecular weight excluding hydrogens is 462 g/mol. The Morgan fingerprint density at radius 3 is 2.50 bits per heavy atom. The highest BCUT2D eigenvalue weighted by molar-refractivity contribution is 6.01. The van der Waals surface area contributed by atoms with Crippen LogP contribution in [-0.4, -0.2) is 16.2 Å². The Morgan fingerprint density at radius 2 is 1.81 bits per heavy atom. The maximum atomic E-state index is 14.1. The van der Waals surface area contributed by atoms with Crippen molar-refractivity contribution in [1.82, 2.24) is 15.5 Å². The van der Waals surface area contributed by atoms with E-state index in [0.29, 0.717) is 33.9 Å². The van der Waals surface area contributed by atoms with E-state index in [0.717, 1.165) is 12.0 Å². The van der Waals surface area contributed by atoms with Gasteiger partial charge in [0.25, 0.3) is 5.89 Å². The number of hydrogen-bond acceptors (Lipinski definition) is 4. The van der Waals surface area contributed by atoms with Crippen molar-refractivity contribution in [2.24, 2.45) is 0 Å². The second-order valence-corrected chi connectivity index (χ2v) is 8.68. The lowest BCUT2D eigenvalue weighted by atomic mass is 9.94. The van der Waals surface area contributed by atoms with Gasteiger partial charge in [-0.2, -0.15) is 4.98 Å². The third-order valence-electron chi connectivity index (χ3n) is 6.34. The van der Waals surface area contributed by atoms with Gasteiger partial charge in [0.2, 0.25) is 5.82 Å². The quantitative estimate of drug-likeness (QED) is 0.346. The molecule has 1 atom stereocenters. The Labute approximate surface area is 207 Å². The number of amides is 2. The summed E-state index contributed by atoms with van der Waals surface area (Å²) in [6.45, 7) is 5.46. The molecule has 36 heavy (non-hydrogen) atoms. The van der Waals surface area contributed by atoms with Crippen LogP contribution < -0.4 is 10.2 Å². The van der Waals surface area contributed by atoms with Crippen molar-refractivity contribution in [3.05, 3.63) is 107 Å². The molecule has 1 unspecified atom stereocenters. The summed E-state index contributed by atoms with van der Waals surface area (Å²) >= 11 is 0. The molecule has 0 saturated heterocycles. The van der Waals surface area contributed by atoms with Crippen LogP contribution in [0.3, 0.4) is 0 Å². The molecule has 0 saturated carbocycles. The smallest absolute Gasteiger partial charge is 0.326 e. The Morgan fingerprint density at radius 1 is 1.03 bits per heavy atom. The lowest BCUT2D eigenvalue weighted by Gasteiger charge is -2.35. The topological polar surface area (TPSA) is 71.3 Å². The number of aryl methyl sites for hydroxylation is 2. The summed E-state index contributed by atoms with van der Waals surface area (Å²) in [5, 5.41) is 7.09. The number of rotatable bonds is 5. The fraction of sp³-hybridized carbons (Fsp3) is 0.179. The van der Waals surface area contributed by atoms with Gasteiger partial charge in [-0.25, -0.2) is 13.6 Å². The van der Waals surface area contributed by atoms with Gasteiger partial charge in [-0.15, -0.1) is 0 Å². The average molecular weight is 487 g/mol. The predicted octanol–water partition coefficient (Wildman–Crippen LogP) is 6.59. The van der Waals surface area contributed by atoms with Crippen molar-refractivity contribution in [1.29, 1.82) is 0 Å². The third-order valence-corrected chi connectivity index (χ3v) is 6.34. The first-order chi connectivity index (χ1) is 17.4. The van der Waals surface area contributed by atoms with Crippen LogP contribution in [0.4, 0.5) is 19.3 Å². The molecule has 0 aliphatic carbocycles. The van der Waals surface area contributed by atoms with E-state index >= 15 is 0 Å². The summed E-state index contributed by atoms with van der Waals surface area (Å²) in [6.07, 6.45) is 0.914.